The van der Waals surface area contributed by atoms with Gasteiger partial charge in [0.1, 0.15) is 5.69 Å². The molecule has 0 fully saturated rings. The van der Waals surface area contributed by atoms with Crippen molar-refractivity contribution >= 4 is 28.5 Å². The Morgan fingerprint density at radius 2 is 1.81 bits per heavy atom. The van der Waals surface area contributed by atoms with Crippen molar-refractivity contribution in [1.82, 2.24) is 15.3 Å². The Kier molecular flexibility index (Phi) is 5.98. The van der Waals surface area contributed by atoms with E-state index in [1.54, 1.807) is 12.3 Å². The molecule has 2 heterocycles. The summed E-state index contributed by atoms with van der Waals surface area (Å²) in [6.45, 7) is 4.17. The highest BCUT2D eigenvalue weighted by Gasteiger charge is 2.16. The number of halogens is 1. The van der Waals surface area contributed by atoms with Gasteiger partial charge in [-0.25, -0.2) is 9.78 Å². The third-order valence-electron chi connectivity index (χ3n) is 5.32. The summed E-state index contributed by atoms with van der Waals surface area (Å²) in [5.41, 5.74) is 4.71. The highest BCUT2D eigenvalue weighted by Crippen LogP contribution is 2.31. The standard InChI is InChI=1S/C25H22ClN3O2/c1-15(17-6-5-7-19(26)12-17)28-16(2)24-13-21(20-8-3-4-9-22(20)29-24)18-10-11-23(25(30)31)27-14-18/h3-16,28H,1-2H3,(H,30,31)/t15-,16?/m1/s1. The Labute approximate surface area is 185 Å². The Morgan fingerprint density at radius 1 is 1.00 bits per heavy atom. The Balaban J connectivity index is 1.70. The number of aromatic carboxylic acids is 1. The zero-order valence-corrected chi connectivity index (χ0v) is 18.0. The number of fused-ring (bicyclic) bond motifs is 1. The van der Waals surface area contributed by atoms with Crippen LogP contribution in [-0.4, -0.2) is 21.0 Å². The fourth-order valence-corrected chi connectivity index (χ4v) is 3.87. The molecule has 0 bridgehead atoms. The van der Waals surface area contributed by atoms with Crippen LogP contribution in [0.1, 0.15) is 47.7 Å². The first-order valence-electron chi connectivity index (χ1n) is 10.0. The lowest BCUT2D eigenvalue weighted by Crippen LogP contribution is -2.23. The number of rotatable bonds is 6. The predicted octanol–water partition coefficient (Wildman–Crippen LogP) is 6.06. The number of hydrogen-bond donors (Lipinski definition) is 2. The quantitative estimate of drug-likeness (QED) is 0.388. The van der Waals surface area contributed by atoms with Crippen molar-refractivity contribution in [3.63, 3.8) is 0 Å². The van der Waals surface area contributed by atoms with Gasteiger partial charge in [0.15, 0.2) is 0 Å². The molecule has 156 valence electrons. The third kappa shape index (κ3) is 4.58. The number of para-hydroxylation sites is 1. The molecule has 0 aliphatic carbocycles. The van der Waals surface area contributed by atoms with Crippen LogP contribution in [0.3, 0.4) is 0 Å². The zero-order valence-electron chi connectivity index (χ0n) is 17.2. The zero-order chi connectivity index (χ0) is 22.0. The maximum atomic E-state index is 11.2. The average Bonchev–Trinajstić information content (AvgIpc) is 2.78. The number of benzene rings is 2. The maximum absolute atomic E-state index is 11.2. The van der Waals surface area contributed by atoms with E-state index in [-0.39, 0.29) is 17.8 Å². The van der Waals surface area contributed by atoms with Crippen molar-refractivity contribution in [2.75, 3.05) is 0 Å². The molecule has 4 aromatic rings. The van der Waals surface area contributed by atoms with Crippen LogP contribution in [0.15, 0.2) is 72.9 Å². The fourth-order valence-electron chi connectivity index (χ4n) is 3.67. The van der Waals surface area contributed by atoms with Crippen LogP contribution in [0.5, 0.6) is 0 Å². The largest absolute Gasteiger partial charge is 0.477 e. The number of carboxylic acids is 1. The summed E-state index contributed by atoms with van der Waals surface area (Å²) in [7, 11) is 0. The van der Waals surface area contributed by atoms with Gasteiger partial charge < -0.3 is 10.4 Å². The van der Waals surface area contributed by atoms with E-state index in [1.807, 2.05) is 54.6 Å². The maximum Gasteiger partial charge on any atom is 0.354 e. The van der Waals surface area contributed by atoms with Gasteiger partial charge in [0.2, 0.25) is 0 Å². The Morgan fingerprint density at radius 3 is 2.52 bits per heavy atom. The normalized spacial score (nSPS) is 13.1. The van der Waals surface area contributed by atoms with Crippen LogP contribution >= 0.6 is 11.6 Å². The van der Waals surface area contributed by atoms with Gasteiger partial charge in [0, 0.05) is 34.3 Å². The summed E-state index contributed by atoms with van der Waals surface area (Å²) in [6, 6.07) is 21.1. The number of carboxylic acid groups (broad SMARTS) is 1. The Hall–Kier alpha value is -3.28. The average molecular weight is 432 g/mol. The molecule has 31 heavy (non-hydrogen) atoms. The summed E-state index contributed by atoms with van der Waals surface area (Å²) >= 11 is 6.14. The van der Waals surface area contributed by atoms with Crippen LogP contribution in [0, 0.1) is 0 Å². The van der Waals surface area contributed by atoms with E-state index >= 15 is 0 Å². The lowest BCUT2D eigenvalue weighted by atomic mass is 9.99. The van der Waals surface area contributed by atoms with Crippen molar-refractivity contribution in [3.05, 3.63) is 94.9 Å². The van der Waals surface area contributed by atoms with Gasteiger partial charge in [-0.15, -0.1) is 0 Å². The smallest absolute Gasteiger partial charge is 0.354 e. The number of nitrogens with one attached hydrogen (secondary N) is 1. The minimum Gasteiger partial charge on any atom is -0.477 e. The van der Waals surface area contributed by atoms with E-state index in [0.29, 0.717) is 5.02 Å². The molecule has 0 aliphatic rings. The van der Waals surface area contributed by atoms with Gasteiger partial charge in [-0.2, -0.15) is 0 Å². The van der Waals surface area contributed by atoms with E-state index in [2.05, 4.69) is 24.1 Å². The molecule has 0 amide bonds. The lowest BCUT2D eigenvalue weighted by Gasteiger charge is -2.21. The number of hydrogen-bond acceptors (Lipinski definition) is 4. The van der Waals surface area contributed by atoms with E-state index in [4.69, 9.17) is 21.7 Å². The SMILES string of the molecule is CC(N[C@H](C)c1cccc(Cl)c1)c1cc(-c2ccc(C(=O)O)nc2)c2ccccc2n1. The molecule has 1 unspecified atom stereocenters. The first kappa shape index (κ1) is 21.0. The number of carbonyl (C=O) groups is 1. The number of aromatic nitrogens is 2. The highest BCUT2D eigenvalue weighted by atomic mass is 35.5. The summed E-state index contributed by atoms with van der Waals surface area (Å²) in [4.78, 5) is 20.1. The molecule has 2 atom stereocenters. The van der Waals surface area contributed by atoms with Gasteiger partial charge in [0.25, 0.3) is 0 Å². The van der Waals surface area contributed by atoms with Crippen LogP contribution in [0.4, 0.5) is 0 Å². The van der Waals surface area contributed by atoms with Crippen LogP contribution in [0.25, 0.3) is 22.0 Å². The first-order chi connectivity index (χ1) is 14.9. The molecule has 2 aromatic heterocycles. The highest BCUT2D eigenvalue weighted by molar-refractivity contribution is 6.30. The molecule has 0 saturated carbocycles. The number of nitrogens with zero attached hydrogens (tertiary/aromatic N) is 2. The molecule has 0 radical (unpaired) electrons. The van der Waals surface area contributed by atoms with E-state index < -0.39 is 5.97 Å². The molecule has 2 aromatic carbocycles. The molecule has 6 heteroatoms. The number of pyridine rings is 2. The van der Waals surface area contributed by atoms with Gasteiger partial charge >= 0.3 is 5.97 Å². The fraction of sp³-hybridized carbons (Fsp3) is 0.160. The molecular weight excluding hydrogens is 410 g/mol. The second-order valence-corrected chi connectivity index (χ2v) is 7.95. The van der Waals surface area contributed by atoms with Crippen molar-refractivity contribution in [1.29, 1.82) is 0 Å². The summed E-state index contributed by atoms with van der Waals surface area (Å²) in [5, 5.41) is 14.4. The van der Waals surface area contributed by atoms with Crippen LogP contribution in [-0.2, 0) is 0 Å². The molecule has 5 nitrogen and oxygen atoms in total. The molecular formula is C25H22ClN3O2. The van der Waals surface area contributed by atoms with Gasteiger partial charge in [0.05, 0.1) is 11.2 Å². The van der Waals surface area contributed by atoms with Gasteiger partial charge in [-0.3, -0.25) is 4.98 Å². The van der Waals surface area contributed by atoms with Gasteiger partial charge in [-0.1, -0.05) is 48.0 Å². The summed E-state index contributed by atoms with van der Waals surface area (Å²) in [5.74, 6) is -1.04. The van der Waals surface area contributed by atoms with Crippen molar-refractivity contribution in [3.8, 4) is 11.1 Å². The van der Waals surface area contributed by atoms with Crippen molar-refractivity contribution in [2.45, 2.75) is 25.9 Å². The van der Waals surface area contributed by atoms with E-state index in [1.165, 1.54) is 6.07 Å². The molecule has 0 saturated heterocycles. The van der Waals surface area contributed by atoms with Crippen LogP contribution in [0.2, 0.25) is 5.02 Å². The summed E-state index contributed by atoms with van der Waals surface area (Å²) < 4.78 is 0. The second kappa shape index (κ2) is 8.84. The topological polar surface area (TPSA) is 75.1 Å². The minimum absolute atomic E-state index is 0.0210. The molecule has 0 aliphatic heterocycles. The van der Waals surface area contributed by atoms with Crippen molar-refractivity contribution < 1.29 is 9.90 Å². The van der Waals surface area contributed by atoms with Crippen molar-refractivity contribution in [2.24, 2.45) is 0 Å². The van der Waals surface area contributed by atoms with Gasteiger partial charge in [-0.05, 0) is 55.3 Å². The second-order valence-electron chi connectivity index (χ2n) is 7.51. The molecule has 4 rings (SSSR count). The lowest BCUT2D eigenvalue weighted by molar-refractivity contribution is 0.0690. The van der Waals surface area contributed by atoms with Crippen LogP contribution < -0.4 is 5.32 Å². The summed E-state index contributed by atoms with van der Waals surface area (Å²) in [6.07, 6.45) is 1.60. The minimum atomic E-state index is -1.04. The molecule has 2 N–H and O–H groups in total. The Bertz CT molecular complexity index is 1240. The monoisotopic (exact) mass is 431 g/mol. The van der Waals surface area contributed by atoms with E-state index in [0.717, 1.165) is 33.3 Å². The third-order valence-corrected chi connectivity index (χ3v) is 5.56. The predicted molar refractivity (Wildman–Crippen MR) is 123 cm³/mol. The first-order valence-corrected chi connectivity index (χ1v) is 10.4. The van der Waals surface area contributed by atoms with E-state index in [9.17, 15) is 4.79 Å². The molecule has 0 spiro atoms.